The summed E-state index contributed by atoms with van der Waals surface area (Å²) in [5, 5.41) is 0. The van der Waals surface area contributed by atoms with E-state index in [4.69, 9.17) is 0 Å². The fraction of sp³-hybridized carbons (Fsp3) is 0.333. The summed E-state index contributed by atoms with van der Waals surface area (Å²) in [4.78, 5) is 2.05. The predicted octanol–water partition coefficient (Wildman–Crippen LogP) is -1.13. The van der Waals surface area contributed by atoms with E-state index in [1.807, 2.05) is 44.1 Å². The second-order valence-electron chi connectivity index (χ2n) is 2.61. The fourth-order valence-electron chi connectivity index (χ4n) is 0.830. The molecule has 1 nitrogen and oxygen atoms in total. The SMILES string of the molecule is Cc1[c-]c(N(C)C)ccc1.[Li+]. The number of rotatable bonds is 1. The van der Waals surface area contributed by atoms with Crippen molar-refractivity contribution in [1.29, 1.82) is 0 Å². The Morgan fingerprint density at radius 2 is 1.91 bits per heavy atom. The molecule has 0 N–H and O–H groups in total. The predicted molar refractivity (Wildman–Crippen MR) is 44.3 cm³/mol. The molecule has 0 aromatic heterocycles. The van der Waals surface area contributed by atoms with Gasteiger partial charge in [-0.25, -0.2) is 0 Å². The van der Waals surface area contributed by atoms with E-state index in [0.29, 0.717) is 0 Å². The van der Waals surface area contributed by atoms with Gasteiger partial charge in [0.2, 0.25) is 0 Å². The Hall–Kier alpha value is -0.383. The van der Waals surface area contributed by atoms with Gasteiger partial charge in [-0.3, -0.25) is 0 Å². The Morgan fingerprint density at radius 1 is 1.27 bits per heavy atom. The molecule has 1 aromatic rings. The summed E-state index contributed by atoms with van der Waals surface area (Å²) < 4.78 is 0. The molecule has 0 aliphatic heterocycles. The van der Waals surface area contributed by atoms with Crippen molar-refractivity contribution in [2.75, 3.05) is 19.0 Å². The molecule has 54 valence electrons. The van der Waals surface area contributed by atoms with Crippen molar-refractivity contribution in [3.63, 3.8) is 0 Å². The van der Waals surface area contributed by atoms with Crippen LogP contribution in [-0.4, -0.2) is 14.1 Å². The molecule has 1 aromatic carbocycles. The zero-order valence-corrected chi connectivity index (χ0v) is 7.68. The van der Waals surface area contributed by atoms with Crippen LogP contribution in [0.5, 0.6) is 0 Å². The van der Waals surface area contributed by atoms with E-state index in [0.717, 1.165) is 5.69 Å². The smallest absolute Gasteiger partial charge is 0.400 e. The number of hydrogen-bond acceptors (Lipinski definition) is 1. The van der Waals surface area contributed by atoms with Gasteiger partial charge >= 0.3 is 18.9 Å². The number of anilines is 1. The largest absolute Gasteiger partial charge is 1.00 e. The van der Waals surface area contributed by atoms with Crippen LogP contribution < -0.4 is 23.8 Å². The van der Waals surface area contributed by atoms with Crippen LogP contribution in [0, 0.1) is 13.0 Å². The standard InChI is InChI=1S/C9H12N.Li/c1-8-5-4-6-9(7-8)10(2)3;/h4-6H,1-3H3;/q-1;+1. The molecular weight excluding hydrogens is 129 g/mol. The first-order valence-electron chi connectivity index (χ1n) is 3.36. The Bertz CT molecular complexity index is 221. The molecule has 1 rings (SSSR count). The zero-order valence-electron chi connectivity index (χ0n) is 7.68. The second kappa shape index (κ2) is 4.49. The number of aryl methyl sites for hydroxylation is 1. The minimum absolute atomic E-state index is 0. The normalized spacial score (nSPS) is 8.64. The van der Waals surface area contributed by atoms with Gasteiger partial charge < -0.3 is 4.90 Å². The summed E-state index contributed by atoms with van der Waals surface area (Å²) in [5.74, 6) is 0. The maximum absolute atomic E-state index is 3.23. The molecule has 0 heterocycles. The van der Waals surface area contributed by atoms with E-state index in [9.17, 15) is 0 Å². The third-order valence-corrected chi connectivity index (χ3v) is 1.41. The van der Waals surface area contributed by atoms with Crippen LogP contribution >= 0.6 is 0 Å². The minimum atomic E-state index is 0. The van der Waals surface area contributed by atoms with Gasteiger partial charge in [-0.1, -0.05) is 12.6 Å². The van der Waals surface area contributed by atoms with E-state index < -0.39 is 0 Å². The first kappa shape index (κ1) is 10.6. The van der Waals surface area contributed by atoms with Gasteiger partial charge in [-0.2, -0.15) is 23.8 Å². The van der Waals surface area contributed by atoms with Gasteiger partial charge in [0, 0.05) is 14.1 Å². The first-order valence-corrected chi connectivity index (χ1v) is 3.36. The van der Waals surface area contributed by atoms with Gasteiger partial charge in [-0.15, -0.1) is 6.07 Å². The molecule has 0 unspecified atom stereocenters. The van der Waals surface area contributed by atoms with Crippen LogP contribution in [0.3, 0.4) is 0 Å². The van der Waals surface area contributed by atoms with Gasteiger partial charge in [0.15, 0.2) is 0 Å². The summed E-state index contributed by atoms with van der Waals surface area (Å²) in [6.45, 7) is 2.05. The summed E-state index contributed by atoms with van der Waals surface area (Å²) >= 11 is 0. The second-order valence-corrected chi connectivity index (χ2v) is 2.61. The van der Waals surface area contributed by atoms with E-state index >= 15 is 0 Å². The molecule has 0 fully saturated rings. The van der Waals surface area contributed by atoms with E-state index in [2.05, 4.69) is 6.07 Å². The van der Waals surface area contributed by atoms with Crippen LogP contribution in [0.1, 0.15) is 5.56 Å². The van der Waals surface area contributed by atoms with Crippen molar-refractivity contribution in [2.45, 2.75) is 6.92 Å². The van der Waals surface area contributed by atoms with Crippen molar-refractivity contribution in [2.24, 2.45) is 0 Å². The van der Waals surface area contributed by atoms with E-state index in [1.165, 1.54) is 5.56 Å². The van der Waals surface area contributed by atoms with Crippen molar-refractivity contribution < 1.29 is 18.9 Å². The molecule has 0 aliphatic carbocycles. The number of benzene rings is 1. The van der Waals surface area contributed by atoms with Gasteiger partial charge in [0.25, 0.3) is 0 Å². The topological polar surface area (TPSA) is 3.24 Å². The molecule has 0 spiro atoms. The minimum Gasteiger partial charge on any atom is -0.400 e. The van der Waals surface area contributed by atoms with Crippen LogP contribution in [0.15, 0.2) is 18.2 Å². The third-order valence-electron chi connectivity index (χ3n) is 1.41. The Balaban J connectivity index is 0.000001000. The Morgan fingerprint density at radius 3 is 2.27 bits per heavy atom. The molecule has 11 heavy (non-hydrogen) atoms. The quantitative estimate of drug-likeness (QED) is 0.353. The summed E-state index contributed by atoms with van der Waals surface area (Å²) in [7, 11) is 4.04. The maximum Gasteiger partial charge on any atom is 1.00 e. The number of hydrogen-bond donors (Lipinski definition) is 0. The van der Waals surface area contributed by atoms with Crippen LogP contribution in [0.25, 0.3) is 0 Å². The molecule has 0 bridgehead atoms. The molecule has 0 radical (unpaired) electrons. The van der Waals surface area contributed by atoms with E-state index in [-0.39, 0.29) is 18.9 Å². The Labute approximate surface area is 80.6 Å². The molecule has 0 atom stereocenters. The summed E-state index contributed by atoms with van der Waals surface area (Å²) in [6.07, 6.45) is 0. The maximum atomic E-state index is 3.23. The van der Waals surface area contributed by atoms with Crippen LogP contribution in [0.2, 0.25) is 0 Å². The molecule has 0 amide bonds. The third kappa shape index (κ3) is 3.01. The van der Waals surface area contributed by atoms with Crippen molar-refractivity contribution in [3.05, 3.63) is 29.8 Å². The van der Waals surface area contributed by atoms with Crippen molar-refractivity contribution >= 4 is 5.69 Å². The van der Waals surface area contributed by atoms with Gasteiger partial charge in [-0.05, 0) is 0 Å². The summed E-state index contributed by atoms with van der Waals surface area (Å²) in [5.41, 5.74) is 2.33. The first-order chi connectivity index (χ1) is 4.70. The van der Waals surface area contributed by atoms with Crippen LogP contribution in [0.4, 0.5) is 5.69 Å². The molecular formula is C9H12LiN. The number of nitrogens with zero attached hydrogens (tertiary/aromatic N) is 1. The van der Waals surface area contributed by atoms with Crippen molar-refractivity contribution in [1.82, 2.24) is 0 Å². The van der Waals surface area contributed by atoms with Crippen LogP contribution in [-0.2, 0) is 0 Å². The monoisotopic (exact) mass is 141 g/mol. The van der Waals surface area contributed by atoms with Gasteiger partial charge in [0.1, 0.15) is 0 Å². The molecule has 0 aliphatic rings. The zero-order chi connectivity index (χ0) is 7.56. The average Bonchev–Trinajstić information content (AvgIpc) is 1.88. The molecule has 0 saturated heterocycles. The Kier molecular flexibility index (Phi) is 4.33. The fourth-order valence-corrected chi connectivity index (χ4v) is 0.830. The van der Waals surface area contributed by atoms with E-state index in [1.54, 1.807) is 0 Å². The average molecular weight is 141 g/mol. The summed E-state index contributed by atoms with van der Waals surface area (Å²) in [6, 6.07) is 9.37. The van der Waals surface area contributed by atoms with Gasteiger partial charge in [0.05, 0.1) is 0 Å². The van der Waals surface area contributed by atoms with Crippen molar-refractivity contribution in [3.8, 4) is 0 Å². The molecule has 0 saturated carbocycles. The molecule has 2 heteroatoms.